The van der Waals surface area contributed by atoms with Gasteiger partial charge in [-0.25, -0.2) is 4.99 Å². The minimum Gasteiger partial charge on any atom is -0.378 e. The van der Waals surface area contributed by atoms with Crippen molar-refractivity contribution in [1.82, 2.24) is 4.57 Å². The molecule has 6 nitrogen and oxygen atoms in total. The van der Waals surface area contributed by atoms with Crippen molar-refractivity contribution in [2.75, 3.05) is 11.9 Å². The number of thiazole rings is 1. The lowest BCUT2D eigenvalue weighted by Gasteiger charge is -2.09. The minimum atomic E-state index is -0.374. The number of aromatic nitrogens is 1. The number of benzene rings is 2. The van der Waals surface area contributed by atoms with Gasteiger partial charge in [0.15, 0.2) is 4.80 Å². The van der Waals surface area contributed by atoms with Crippen molar-refractivity contribution in [2.45, 2.75) is 13.5 Å². The van der Waals surface area contributed by atoms with Crippen molar-refractivity contribution in [3.05, 3.63) is 80.6 Å². The van der Waals surface area contributed by atoms with Crippen LogP contribution in [0.1, 0.15) is 5.69 Å². The molecule has 0 aliphatic carbocycles. The van der Waals surface area contributed by atoms with Gasteiger partial charge in [0, 0.05) is 30.2 Å². The van der Waals surface area contributed by atoms with E-state index in [0.717, 1.165) is 16.2 Å². The molecule has 1 aromatic heterocycles. The second-order valence-electron chi connectivity index (χ2n) is 5.46. The van der Waals surface area contributed by atoms with Crippen molar-refractivity contribution in [2.24, 2.45) is 4.99 Å². The highest BCUT2D eigenvalue weighted by Gasteiger charge is 2.11. The van der Waals surface area contributed by atoms with Crippen LogP contribution in [0.5, 0.6) is 0 Å². The monoisotopic (exact) mass is 354 g/mol. The summed E-state index contributed by atoms with van der Waals surface area (Å²) in [5.74, 6) is 0. The molecule has 128 valence electrons. The quantitative estimate of drug-likeness (QED) is 0.535. The van der Waals surface area contributed by atoms with Gasteiger partial charge in [-0.1, -0.05) is 30.3 Å². The first-order valence-electron chi connectivity index (χ1n) is 7.87. The molecule has 0 unspecified atom stereocenters. The molecule has 3 aromatic rings. The maximum Gasteiger partial charge on any atom is 0.292 e. The van der Waals surface area contributed by atoms with Crippen LogP contribution in [0.15, 0.2) is 65.0 Å². The molecule has 0 fully saturated rings. The summed E-state index contributed by atoms with van der Waals surface area (Å²) in [4.78, 5) is 16.3. The maximum absolute atomic E-state index is 11.1. The summed E-state index contributed by atoms with van der Waals surface area (Å²) in [5, 5.41) is 16.3. The Labute approximate surface area is 149 Å². The lowest BCUT2D eigenvalue weighted by atomic mass is 10.2. The zero-order valence-corrected chi connectivity index (χ0v) is 14.6. The number of nitrogens with zero attached hydrogens (tertiary/aromatic N) is 3. The van der Waals surface area contributed by atoms with E-state index in [9.17, 15) is 10.1 Å². The lowest BCUT2D eigenvalue weighted by Crippen LogP contribution is -2.21. The zero-order valence-electron chi connectivity index (χ0n) is 13.8. The topological polar surface area (TPSA) is 72.5 Å². The van der Waals surface area contributed by atoms with E-state index in [2.05, 4.69) is 20.3 Å². The van der Waals surface area contributed by atoms with Crippen molar-refractivity contribution >= 4 is 28.4 Å². The zero-order chi connectivity index (χ0) is 17.6. The van der Waals surface area contributed by atoms with E-state index >= 15 is 0 Å². The van der Waals surface area contributed by atoms with Crippen LogP contribution in [0.2, 0.25) is 0 Å². The van der Waals surface area contributed by atoms with Gasteiger partial charge in [0.1, 0.15) is 5.69 Å². The third kappa shape index (κ3) is 4.13. The third-order valence-electron chi connectivity index (χ3n) is 3.72. The summed E-state index contributed by atoms with van der Waals surface area (Å²) in [6, 6.07) is 16.5. The Bertz CT molecular complexity index is 932. The number of aryl methyl sites for hydroxylation is 1. The standard InChI is InChI=1S/C18H18N4O2S/c1-14-13-25-18(20-15-7-3-2-4-8-15)21(14)12-11-19-16-9-5-6-10-17(16)22(23)24/h2-10,13,19H,11-12H2,1H3. The highest BCUT2D eigenvalue weighted by molar-refractivity contribution is 7.07. The van der Waals surface area contributed by atoms with E-state index in [0.29, 0.717) is 18.8 Å². The minimum absolute atomic E-state index is 0.0868. The molecule has 0 atom stereocenters. The Morgan fingerprint density at radius 2 is 1.88 bits per heavy atom. The van der Waals surface area contributed by atoms with Crippen LogP contribution in [0, 0.1) is 17.0 Å². The van der Waals surface area contributed by atoms with Crippen LogP contribution in [0.25, 0.3) is 0 Å². The largest absolute Gasteiger partial charge is 0.378 e. The number of nitro benzene ring substituents is 1. The van der Waals surface area contributed by atoms with Crippen LogP contribution in [0.3, 0.4) is 0 Å². The van der Waals surface area contributed by atoms with Crippen molar-refractivity contribution in [3.63, 3.8) is 0 Å². The molecule has 0 saturated heterocycles. The smallest absolute Gasteiger partial charge is 0.292 e. The Balaban J connectivity index is 1.76. The normalized spacial score (nSPS) is 11.5. The van der Waals surface area contributed by atoms with Gasteiger partial charge >= 0.3 is 0 Å². The summed E-state index contributed by atoms with van der Waals surface area (Å²) >= 11 is 1.59. The lowest BCUT2D eigenvalue weighted by molar-refractivity contribution is -0.384. The molecule has 2 aromatic carbocycles. The van der Waals surface area contributed by atoms with E-state index in [-0.39, 0.29) is 10.6 Å². The van der Waals surface area contributed by atoms with Crippen molar-refractivity contribution < 1.29 is 4.92 Å². The molecule has 0 bridgehead atoms. The Morgan fingerprint density at radius 3 is 2.64 bits per heavy atom. The highest BCUT2D eigenvalue weighted by Crippen LogP contribution is 2.22. The number of rotatable bonds is 6. The third-order valence-corrected chi connectivity index (χ3v) is 4.71. The molecular weight excluding hydrogens is 336 g/mol. The summed E-state index contributed by atoms with van der Waals surface area (Å²) < 4.78 is 2.11. The molecule has 3 rings (SSSR count). The van der Waals surface area contributed by atoms with Gasteiger partial charge in [-0.15, -0.1) is 11.3 Å². The summed E-state index contributed by atoms with van der Waals surface area (Å²) in [6.45, 7) is 3.28. The van der Waals surface area contributed by atoms with Gasteiger partial charge in [0.25, 0.3) is 5.69 Å². The maximum atomic E-state index is 11.1. The van der Waals surface area contributed by atoms with E-state index in [1.54, 1.807) is 29.5 Å². The Hall–Kier alpha value is -2.93. The molecular formula is C18H18N4O2S. The van der Waals surface area contributed by atoms with Crippen molar-refractivity contribution in [1.29, 1.82) is 0 Å². The second kappa shape index (κ2) is 7.76. The predicted octanol–water partition coefficient (Wildman–Crippen LogP) is 4.11. The number of hydrogen-bond acceptors (Lipinski definition) is 5. The molecule has 0 aliphatic heterocycles. The van der Waals surface area contributed by atoms with Gasteiger partial charge < -0.3 is 9.88 Å². The van der Waals surface area contributed by atoms with Gasteiger partial charge in [-0.3, -0.25) is 10.1 Å². The van der Waals surface area contributed by atoms with Crippen LogP contribution >= 0.6 is 11.3 Å². The van der Waals surface area contributed by atoms with E-state index in [4.69, 9.17) is 0 Å². The first-order valence-corrected chi connectivity index (χ1v) is 8.75. The molecule has 25 heavy (non-hydrogen) atoms. The fourth-order valence-corrected chi connectivity index (χ4v) is 3.40. The first kappa shape index (κ1) is 16.9. The van der Waals surface area contributed by atoms with E-state index in [1.165, 1.54) is 6.07 Å². The van der Waals surface area contributed by atoms with E-state index < -0.39 is 0 Å². The first-order chi connectivity index (χ1) is 12.1. The van der Waals surface area contributed by atoms with Gasteiger partial charge in [0.2, 0.25) is 0 Å². The average Bonchev–Trinajstić information content (AvgIpc) is 2.96. The molecule has 0 amide bonds. The van der Waals surface area contributed by atoms with Crippen molar-refractivity contribution in [3.8, 4) is 0 Å². The number of hydrogen-bond donors (Lipinski definition) is 1. The Morgan fingerprint density at radius 1 is 1.16 bits per heavy atom. The molecule has 1 heterocycles. The fraction of sp³-hybridized carbons (Fsp3) is 0.167. The molecule has 0 spiro atoms. The van der Waals surface area contributed by atoms with Crippen LogP contribution in [0.4, 0.5) is 17.1 Å². The second-order valence-corrected chi connectivity index (χ2v) is 6.30. The van der Waals surface area contributed by atoms with Gasteiger partial charge in [0.05, 0.1) is 10.6 Å². The molecule has 0 saturated carbocycles. The van der Waals surface area contributed by atoms with Gasteiger partial charge in [-0.2, -0.15) is 0 Å². The molecule has 1 N–H and O–H groups in total. The van der Waals surface area contributed by atoms with Crippen LogP contribution < -0.4 is 10.1 Å². The fourth-order valence-electron chi connectivity index (χ4n) is 2.47. The van der Waals surface area contributed by atoms with Crippen LogP contribution in [-0.2, 0) is 6.54 Å². The van der Waals surface area contributed by atoms with Crippen LogP contribution in [-0.4, -0.2) is 16.0 Å². The number of para-hydroxylation sites is 3. The van der Waals surface area contributed by atoms with E-state index in [1.807, 2.05) is 37.3 Å². The predicted molar refractivity (Wildman–Crippen MR) is 100 cm³/mol. The Kier molecular flexibility index (Phi) is 5.25. The molecule has 0 aliphatic rings. The summed E-state index contributed by atoms with van der Waals surface area (Å²) in [5.41, 5.74) is 2.64. The highest BCUT2D eigenvalue weighted by atomic mass is 32.1. The summed E-state index contributed by atoms with van der Waals surface area (Å²) in [7, 11) is 0. The summed E-state index contributed by atoms with van der Waals surface area (Å²) in [6.07, 6.45) is 0. The van der Waals surface area contributed by atoms with Gasteiger partial charge in [-0.05, 0) is 25.1 Å². The number of anilines is 1. The molecule has 0 radical (unpaired) electrons. The molecule has 7 heteroatoms. The number of nitrogens with one attached hydrogen (secondary N) is 1. The SMILES string of the molecule is Cc1csc(=Nc2ccccc2)n1CCNc1ccccc1[N+](=O)[O-]. The number of nitro groups is 1. The average molecular weight is 354 g/mol.